The van der Waals surface area contributed by atoms with Gasteiger partial charge in [-0.2, -0.15) is 4.39 Å². The fraction of sp³-hybridized carbons (Fsp3) is 0.419. The van der Waals surface area contributed by atoms with E-state index in [4.69, 9.17) is 9.47 Å². The Kier molecular flexibility index (Phi) is 7.87. The van der Waals surface area contributed by atoms with Crippen molar-refractivity contribution in [2.24, 2.45) is 5.92 Å². The molecule has 2 fully saturated rings. The lowest BCUT2D eigenvalue weighted by atomic mass is 9.79. The van der Waals surface area contributed by atoms with E-state index >= 15 is 0 Å². The maximum Gasteiger partial charge on any atom is 0.201 e. The minimum Gasteiger partial charge on any atom is -0.490 e. The molecule has 1 N–H and O–H groups in total. The highest BCUT2D eigenvalue weighted by molar-refractivity contribution is 5.65. The third-order valence-electron chi connectivity index (χ3n) is 7.71. The summed E-state index contributed by atoms with van der Waals surface area (Å²) in [6.45, 7) is 2.90. The minimum absolute atomic E-state index is 0.0849. The Morgan fingerprint density at radius 3 is 2.32 bits per heavy atom. The predicted molar refractivity (Wildman–Crippen MR) is 137 cm³/mol. The van der Waals surface area contributed by atoms with Crippen LogP contribution in [0.5, 0.6) is 5.75 Å². The Morgan fingerprint density at radius 2 is 1.68 bits per heavy atom. The molecular formula is C31H33F3O3. The van der Waals surface area contributed by atoms with Gasteiger partial charge >= 0.3 is 0 Å². The van der Waals surface area contributed by atoms with Crippen molar-refractivity contribution in [1.29, 1.82) is 0 Å². The molecule has 0 amide bonds. The van der Waals surface area contributed by atoms with Gasteiger partial charge < -0.3 is 14.6 Å². The Morgan fingerprint density at radius 1 is 0.946 bits per heavy atom. The molecule has 1 aliphatic carbocycles. The highest BCUT2D eigenvalue weighted by Crippen LogP contribution is 2.39. The SMILES string of the molecule is CCCC(O)c1ccc(-c2ccc(OCC3CCC(c4ccc(C5CO5)c(F)c4)CC3)c(F)c2F)cc1. The number of rotatable bonds is 9. The number of benzene rings is 3. The lowest BCUT2D eigenvalue weighted by molar-refractivity contribution is 0.166. The summed E-state index contributed by atoms with van der Waals surface area (Å²) in [5.41, 5.74) is 3.11. The third kappa shape index (κ3) is 5.86. The topological polar surface area (TPSA) is 42.0 Å². The van der Waals surface area contributed by atoms with Gasteiger partial charge in [0.05, 0.1) is 19.3 Å². The van der Waals surface area contributed by atoms with E-state index in [2.05, 4.69) is 0 Å². The van der Waals surface area contributed by atoms with E-state index in [1.807, 2.05) is 19.1 Å². The van der Waals surface area contributed by atoms with E-state index in [1.165, 1.54) is 12.1 Å². The Balaban J connectivity index is 1.16. The van der Waals surface area contributed by atoms with E-state index in [0.29, 0.717) is 36.7 Å². The molecule has 0 radical (unpaired) electrons. The summed E-state index contributed by atoms with van der Waals surface area (Å²) in [7, 11) is 0. The molecule has 3 aromatic rings. The van der Waals surface area contributed by atoms with Crippen molar-refractivity contribution in [3.05, 3.63) is 88.7 Å². The summed E-state index contributed by atoms with van der Waals surface area (Å²) in [4.78, 5) is 0. The molecule has 0 aromatic heterocycles. The summed E-state index contributed by atoms with van der Waals surface area (Å²) < 4.78 is 55.0. The van der Waals surface area contributed by atoms with Gasteiger partial charge in [-0.25, -0.2) is 8.78 Å². The summed E-state index contributed by atoms with van der Waals surface area (Å²) in [5, 5.41) is 10.1. The van der Waals surface area contributed by atoms with Crippen molar-refractivity contribution >= 4 is 0 Å². The van der Waals surface area contributed by atoms with Gasteiger partial charge in [0.25, 0.3) is 0 Å². The minimum atomic E-state index is -0.989. The molecule has 0 spiro atoms. The van der Waals surface area contributed by atoms with E-state index in [-0.39, 0.29) is 29.2 Å². The van der Waals surface area contributed by atoms with Crippen molar-refractivity contribution < 1.29 is 27.8 Å². The zero-order chi connectivity index (χ0) is 25.9. The quantitative estimate of drug-likeness (QED) is 0.296. The van der Waals surface area contributed by atoms with Crippen LogP contribution in [-0.2, 0) is 4.74 Å². The lowest BCUT2D eigenvalue weighted by Gasteiger charge is -2.29. The Labute approximate surface area is 216 Å². The van der Waals surface area contributed by atoms with Crippen molar-refractivity contribution in [1.82, 2.24) is 0 Å². The second kappa shape index (κ2) is 11.3. The molecule has 2 unspecified atom stereocenters. The van der Waals surface area contributed by atoms with E-state index in [9.17, 15) is 18.3 Å². The molecule has 3 nitrogen and oxygen atoms in total. The standard InChI is InChI=1S/C31H33F3O3/c1-2-3-27(35)22-10-8-21(9-11-22)24-14-15-28(31(34)30(24)33)36-17-19-4-6-20(7-5-19)23-12-13-25(26(32)16-23)29-18-37-29/h8-16,19-20,27,29,35H,2-7,17-18H2,1H3. The van der Waals surface area contributed by atoms with Crippen LogP contribution in [0.2, 0.25) is 0 Å². The Hall–Kier alpha value is -2.83. The van der Waals surface area contributed by atoms with E-state index in [1.54, 1.807) is 30.3 Å². The molecule has 5 rings (SSSR count). The van der Waals surface area contributed by atoms with Gasteiger partial charge in [0.15, 0.2) is 11.6 Å². The molecular weight excluding hydrogens is 477 g/mol. The van der Waals surface area contributed by atoms with Crippen LogP contribution in [0.3, 0.4) is 0 Å². The first kappa shape index (κ1) is 25.8. The van der Waals surface area contributed by atoms with Crippen molar-refractivity contribution in [2.75, 3.05) is 13.2 Å². The maximum atomic E-state index is 14.9. The zero-order valence-corrected chi connectivity index (χ0v) is 21.1. The normalized spacial score (nSPS) is 22.0. The van der Waals surface area contributed by atoms with Gasteiger partial charge in [0, 0.05) is 11.1 Å². The summed E-state index contributed by atoms with van der Waals surface area (Å²) in [5.74, 6) is -1.68. The van der Waals surface area contributed by atoms with E-state index in [0.717, 1.165) is 43.2 Å². The number of ether oxygens (including phenoxy) is 2. The number of epoxide rings is 1. The first-order valence-corrected chi connectivity index (χ1v) is 13.2. The number of halogens is 3. The summed E-state index contributed by atoms with van der Waals surface area (Å²) >= 11 is 0. The van der Waals surface area contributed by atoms with Gasteiger partial charge in [-0.3, -0.25) is 0 Å². The van der Waals surface area contributed by atoms with E-state index < -0.39 is 17.7 Å². The highest BCUT2D eigenvalue weighted by Gasteiger charge is 2.29. The maximum absolute atomic E-state index is 14.9. The fourth-order valence-electron chi connectivity index (χ4n) is 5.35. The average molecular weight is 511 g/mol. The van der Waals surface area contributed by atoms with Gasteiger partial charge in [0.2, 0.25) is 5.82 Å². The number of aliphatic hydroxyl groups excluding tert-OH is 1. The molecule has 1 saturated heterocycles. The third-order valence-corrected chi connectivity index (χ3v) is 7.71. The zero-order valence-electron chi connectivity index (χ0n) is 21.1. The summed E-state index contributed by atoms with van der Waals surface area (Å²) in [6.07, 6.45) is 4.45. The molecule has 6 heteroatoms. The van der Waals surface area contributed by atoms with Gasteiger partial charge in [-0.15, -0.1) is 0 Å². The van der Waals surface area contributed by atoms with Crippen molar-refractivity contribution in [3.63, 3.8) is 0 Å². The fourth-order valence-corrected chi connectivity index (χ4v) is 5.35. The van der Waals surface area contributed by atoms with Crippen LogP contribution in [0.1, 0.15) is 80.3 Å². The van der Waals surface area contributed by atoms with Crippen LogP contribution in [0.15, 0.2) is 54.6 Å². The first-order chi connectivity index (χ1) is 17.9. The number of aliphatic hydroxyl groups is 1. The molecule has 196 valence electrons. The summed E-state index contributed by atoms with van der Waals surface area (Å²) in [6, 6.07) is 15.4. The Bertz CT molecular complexity index is 1220. The molecule has 0 bridgehead atoms. The molecule has 2 aliphatic rings. The largest absolute Gasteiger partial charge is 0.490 e. The number of hydrogen-bond acceptors (Lipinski definition) is 3. The highest BCUT2D eigenvalue weighted by atomic mass is 19.2. The van der Waals surface area contributed by atoms with Crippen LogP contribution in [0, 0.1) is 23.4 Å². The van der Waals surface area contributed by atoms with Gasteiger partial charge in [0.1, 0.15) is 11.9 Å². The molecule has 1 saturated carbocycles. The first-order valence-electron chi connectivity index (χ1n) is 13.2. The molecule has 37 heavy (non-hydrogen) atoms. The van der Waals surface area contributed by atoms with Crippen molar-refractivity contribution in [2.45, 2.75) is 63.6 Å². The number of hydrogen-bond donors (Lipinski definition) is 1. The van der Waals surface area contributed by atoms with Crippen molar-refractivity contribution in [3.8, 4) is 16.9 Å². The second-order valence-corrected chi connectivity index (χ2v) is 10.3. The van der Waals surface area contributed by atoms with Gasteiger partial charge in [-0.1, -0.05) is 49.7 Å². The molecule has 2 atom stereocenters. The smallest absolute Gasteiger partial charge is 0.201 e. The predicted octanol–water partition coefficient (Wildman–Crippen LogP) is 8.03. The molecule has 1 aliphatic heterocycles. The van der Waals surface area contributed by atoms with Gasteiger partial charge in [-0.05, 0) is 78.8 Å². The van der Waals surface area contributed by atoms with Crippen LogP contribution in [-0.4, -0.2) is 18.3 Å². The molecule has 1 heterocycles. The van der Waals surface area contributed by atoms with Crippen LogP contribution >= 0.6 is 0 Å². The van der Waals surface area contributed by atoms with Crippen LogP contribution in [0.4, 0.5) is 13.2 Å². The van der Waals surface area contributed by atoms with Crippen LogP contribution in [0.25, 0.3) is 11.1 Å². The average Bonchev–Trinajstić information content (AvgIpc) is 3.75. The van der Waals surface area contributed by atoms with Crippen LogP contribution < -0.4 is 4.74 Å². The second-order valence-electron chi connectivity index (χ2n) is 10.3. The monoisotopic (exact) mass is 510 g/mol. The lowest BCUT2D eigenvalue weighted by Crippen LogP contribution is -2.20. The molecule has 3 aromatic carbocycles.